The Morgan fingerprint density at radius 1 is 1.00 bits per heavy atom. The summed E-state index contributed by atoms with van der Waals surface area (Å²) >= 11 is 0.0395. The fraction of sp³-hybridized carbons (Fsp3) is 0.824. The maximum absolute atomic E-state index is 11.5. The van der Waals surface area contributed by atoms with Crippen molar-refractivity contribution in [1.82, 2.24) is 0 Å². The Bertz CT molecular complexity index is 244. The third-order valence-corrected chi connectivity index (χ3v) is 6.48. The normalized spacial score (nSPS) is 10.5. The molecule has 0 aliphatic heterocycles. The molecule has 0 bridgehead atoms. The van der Waals surface area contributed by atoms with Gasteiger partial charge >= 0.3 is 121 Å². The van der Waals surface area contributed by atoms with E-state index in [4.69, 9.17) is 9.84 Å². The number of carbonyl (C=O) groups is 1. The van der Waals surface area contributed by atoms with Gasteiger partial charge in [-0.1, -0.05) is 6.08 Å². The van der Waals surface area contributed by atoms with Crippen molar-refractivity contribution in [3.05, 3.63) is 12.7 Å². The van der Waals surface area contributed by atoms with Gasteiger partial charge in [0.2, 0.25) is 0 Å². The summed E-state index contributed by atoms with van der Waals surface area (Å²) in [5.74, 6) is -0.0300. The van der Waals surface area contributed by atoms with Crippen molar-refractivity contribution in [1.29, 1.82) is 0 Å². The third-order valence-electron chi connectivity index (χ3n) is 3.18. The number of hydrogen-bond donors (Lipinski definition) is 1. The average molecular weight is 412 g/mol. The van der Waals surface area contributed by atoms with E-state index in [0.717, 1.165) is 32.1 Å². The molecule has 0 radical (unpaired) electrons. The standard InChI is InChI=1S/C17H32O3Te/c1-2-3-4-5-6-7-8-9-12-17(19)20-14-11-16-21-15-10-13-18/h2,18H,1,3-16H2. The monoisotopic (exact) mass is 414 g/mol. The zero-order valence-corrected chi connectivity index (χ0v) is 15.7. The number of aliphatic hydroxyl groups excluding tert-OH is 1. The summed E-state index contributed by atoms with van der Waals surface area (Å²) in [6.45, 7) is 4.62. The van der Waals surface area contributed by atoms with Crippen molar-refractivity contribution >= 4 is 26.9 Å². The SMILES string of the molecule is C=CCCCCCCCCC(=O)OCCC[Te]CCCO. The summed E-state index contributed by atoms with van der Waals surface area (Å²) in [6, 6.07) is 0. The van der Waals surface area contributed by atoms with Gasteiger partial charge in [0.15, 0.2) is 0 Å². The predicted octanol–water partition coefficient (Wildman–Crippen LogP) is 4.15. The number of allylic oxidation sites excluding steroid dienone is 1. The first-order chi connectivity index (χ1) is 10.3. The fourth-order valence-electron chi connectivity index (χ4n) is 1.95. The number of hydrogen-bond acceptors (Lipinski definition) is 3. The van der Waals surface area contributed by atoms with Crippen LogP contribution in [0.1, 0.15) is 64.2 Å². The van der Waals surface area contributed by atoms with E-state index in [1.807, 2.05) is 6.08 Å². The van der Waals surface area contributed by atoms with Crippen LogP contribution in [-0.4, -0.2) is 45.2 Å². The Morgan fingerprint density at radius 3 is 2.38 bits per heavy atom. The van der Waals surface area contributed by atoms with E-state index in [9.17, 15) is 4.79 Å². The molecule has 0 fully saturated rings. The zero-order chi connectivity index (χ0) is 15.6. The van der Waals surface area contributed by atoms with E-state index in [-0.39, 0.29) is 26.9 Å². The molecule has 0 amide bonds. The van der Waals surface area contributed by atoms with Crippen LogP contribution in [0.2, 0.25) is 8.94 Å². The van der Waals surface area contributed by atoms with Crippen LogP contribution >= 0.6 is 0 Å². The Balaban J connectivity index is 3.14. The first kappa shape index (κ1) is 21.0. The minimum absolute atomic E-state index is 0.0300. The van der Waals surface area contributed by atoms with Gasteiger partial charge in [-0.3, -0.25) is 0 Å². The second kappa shape index (κ2) is 18.0. The van der Waals surface area contributed by atoms with Gasteiger partial charge in [0, 0.05) is 0 Å². The summed E-state index contributed by atoms with van der Waals surface area (Å²) in [7, 11) is 0. The molecule has 0 atom stereocenters. The van der Waals surface area contributed by atoms with Crippen LogP contribution in [0.25, 0.3) is 0 Å². The Kier molecular flexibility index (Phi) is 18.0. The van der Waals surface area contributed by atoms with E-state index in [1.54, 1.807) is 0 Å². The first-order valence-electron chi connectivity index (χ1n) is 8.26. The maximum atomic E-state index is 11.5. The second-order valence-corrected chi connectivity index (χ2v) is 8.71. The Labute approximate surface area is 140 Å². The molecular formula is C17H32O3Te. The number of carbonyl (C=O) groups excluding carboxylic acids is 1. The fourth-order valence-corrected chi connectivity index (χ4v) is 4.41. The summed E-state index contributed by atoms with van der Waals surface area (Å²) in [5, 5.41) is 8.66. The van der Waals surface area contributed by atoms with E-state index in [0.29, 0.717) is 19.6 Å². The molecule has 0 aromatic rings. The minimum atomic E-state index is -0.0300. The number of rotatable bonds is 16. The van der Waals surface area contributed by atoms with Gasteiger partial charge in [0.05, 0.1) is 0 Å². The topological polar surface area (TPSA) is 46.5 Å². The van der Waals surface area contributed by atoms with Crippen LogP contribution in [0.5, 0.6) is 0 Å². The number of esters is 1. The van der Waals surface area contributed by atoms with Crippen LogP contribution in [0, 0.1) is 0 Å². The molecule has 0 aromatic heterocycles. The van der Waals surface area contributed by atoms with Crippen LogP contribution in [0.3, 0.4) is 0 Å². The van der Waals surface area contributed by atoms with E-state index >= 15 is 0 Å². The average Bonchev–Trinajstić information content (AvgIpc) is 2.49. The van der Waals surface area contributed by atoms with Gasteiger partial charge < -0.3 is 0 Å². The summed E-state index contributed by atoms with van der Waals surface area (Å²) in [5.41, 5.74) is 0. The summed E-state index contributed by atoms with van der Waals surface area (Å²) in [4.78, 5) is 11.5. The van der Waals surface area contributed by atoms with Gasteiger partial charge in [-0.2, -0.15) is 0 Å². The van der Waals surface area contributed by atoms with Gasteiger partial charge in [0.25, 0.3) is 0 Å². The second-order valence-electron chi connectivity index (χ2n) is 5.21. The molecule has 1 N–H and O–H groups in total. The molecule has 21 heavy (non-hydrogen) atoms. The molecule has 4 heteroatoms. The molecule has 0 spiro atoms. The van der Waals surface area contributed by atoms with Gasteiger partial charge in [0.1, 0.15) is 0 Å². The van der Waals surface area contributed by atoms with Crippen molar-refractivity contribution in [2.45, 2.75) is 73.1 Å². The quantitative estimate of drug-likeness (QED) is 0.179. The molecule has 0 saturated heterocycles. The molecule has 0 saturated carbocycles. The van der Waals surface area contributed by atoms with E-state index < -0.39 is 0 Å². The summed E-state index contributed by atoms with van der Waals surface area (Å²) in [6.07, 6.45) is 12.7. The number of ether oxygens (including phenoxy) is 1. The predicted molar refractivity (Wildman–Crippen MR) is 89.8 cm³/mol. The van der Waals surface area contributed by atoms with Crippen molar-refractivity contribution in [3.8, 4) is 0 Å². The van der Waals surface area contributed by atoms with Gasteiger partial charge in [-0.25, -0.2) is 0 Å². The molecular weight excluding hydrogens is 380 g/mol. The van der Waals surface area contributed by atoms with Crippen LogP contribution in [0.15, 0.2) is 12.7 Å². The molecule has 0 aromatic carbocycles. The van der Waals surface area contributed by atoms with Crippen molar-refractivity contribution < 1.29 is 14.6 Å². The Morgan fingerprint density at radius 2 is 1.67 bits per heavy atom. The van der Waals surface area contributed by atoms with Gasteiger partial charge in [-0.05, 0) is 6.42 Å². The van der Waals surface area contributed by atoms with E-state index in [1.165, 1.54) is 34.6 Å². The molecule has 0 unspecified atom stereocenters. The summed E-state index contributed by atoms with van der Waals surface area (Å²) < 4.78 is 7.64. The molecule has 124 valence electrons. The van der Waals surface area contributed by atoms with Crippen LogP contribution in [0.4, 0.5) is 0 Å². The van der Waals surface area contributed by atoms with Crippen molar-refractivity contribution in [3.63, 3.8) is 0 Å². The molecule has 0 aliphatic carbocycles. The molecule has 0 heterocycles. The van der Waals surface area contributed by atoms with Crippen molar-refractivity contribution in [2.75, 3.05) is 13.2 Å². The molecule has 0 rings (SSSR count). The van der Waals surface area contributed by atoms with Crippen LogP contribution in [-0.2, 0) is 9.53 Å². The third kappa shape index (κ3) is 17.9. The zero-order valence-electron chi connectivity index (χ0n) is 13.4. The molecule has 3 nitrogen and oxygen atoms in total. The van der Waals surface area contributed by atoms with Crippen LogP contribution < -0.4 is 0 Å². The number of aliphatic hydroxyl groups is 1. The van der Waals surface area contributed by atoms with E-state index in [2.05, 4.69) is 6.58 Å². The first-order valence-corrected chi connectivity index (χ1v) is 11.6. The van der Waals surface area contributed by atoms with Gasteiger partial charge in [-0.15, -0.1) is 6.58 Å². The molecule has 0 aliphatic rings. The Hall–Kier alpha value is -0.0404. The number of unbranched alkanes of at least 4 members (excludes halogenated alkanes) is 6. The van der Waals surface area contributed by atoms with Crippen molar-refractivity contribution in [2.24, 2.45) is 0 Å².